The highest BCUT2D eigenvalue weighted by molar-refractivity contribution is 5.30. The van der Waals surface area contributed by atoms with Gasteiger partial charge in [0, 0.05) is 18.4 Å². The first-order chi connectivity index (χ1) is 8.73. The quantitative estimate of drug-likeness (QED) is 0.757. The first kappa shape index (κ1) is 15.0. The number of methoxy groups -OCH3 is 1. The Morgan fingerprint density at radius 2 is 1.95 bits per heavy atom. The number of aliphatic hydroxyl groups is 2. The van der Waals surface area contributed by atoms with Gasteiger partial charge in [-0.25, -0.2) is 0 Å². The molecule has 0 saturated heterocycles. The molecule has 2 N–H and O–H groups in total. The molecule has 3 heteroatoms. The van der Waals surface area contributed by atoms with Crippen LogP contribution in [0.4, 0.5) is 0 Å². The molecule has 1 fully saturated rings. The molecule has 110 valence electrons. The predicted molar refractivity (Wildman–Crippen MR) is 75.8 cm³/mol. The summed E-state index contributed by atoms with van der Waals surface area (Å²) in [4.78, 5) is 0. The highest BCUT2D eigenvalue weighted by Crippen LogP contribution is 2.61. The Morgan fingerprint density at radius 1 is 1.32 bits per heavy atom. The van der Waals surface area contributed by atoms with Gasteiger partial charge >= 0.3 is 0 Å². The van der Waals surface area contributed by atoms with Crippen molar-refractivity contribution in [2.45, 2.75) is 58.7 Å². The number of rotatable bonds is 2. The van der Waals surface area contributed by atoms with Gasteiger partial charge in [0.05, 0.1) is 12.7 Å². The lowest BCUT2D eigenvalue weighted by atomic mass is 9.46. The average molecular weight is 268 g/mol. The molecule has 0 aromatic carbocycles. The summed E-state index contributed by atoms with van der Waals surface area (Å²) in [6.07, 6.45) is 5.19. The molecule has 0 aromatic rings. The summed E-state index contributed by atoms with van der Waals surface area (Å²) in [5.74, 6) is 0.222. The van der Waals surface area contributed by atoms with E-state index in [1.54, 1.807) is 7.11 Å². The SMILES string of the molecule is COC1C=C(C)C(O)(CO)C2(C)CCCC(C)(C)C12. The van der Waals surface area contributed by atoms with Gasteiger partial charge in [0.1, 0.15) is 5.60 Å². The van der Waals surface area contributed by atoms with Crippen LogP contribution in [0.3, 0.4) is 0 Å². The van der Waals surface area contributed by atoms with Gasteiger partial charge in [-0.15, -0.1) is 0 Å². The van der Waals surface area contributed by atoms with Crippen molar-refractivity contribution in [3.8, 4) is 0 Å². The van der Waals surface area contributed by atoms with E-state index < -0.39 is 5.60 Å². The average Bonchev–Trinajstić information content (AvgIpc) is 2.33. The standard InChI is InChI=1S/C16H28O3/c1-11-9-12(19-5)13-14(2,3)7-6-8-15(13,4)16(11,18)10-17/h9,12-13,17-18H,6-8,10H2,1-5H3. The van der Waals surface area contributed by atoms with Gasteiger partial charge in [-0.3, -0.25) is 0 Å². The second kappa shape index (κ2) is 4.57. The second-order valence-corrected chi connectivity index (χ2v) is 7.31. The molecule has 2 rings (SSSR count). The molecule has 3 nitrogen and oxygen atoms in total. The summed E-state index contributed by atoms with van der Waals surface area (Å²) >= 11 is 0. The molecule has 2 aliphatic rings. The lowest BCUT2D eigenvalue weighted by Gasteiger charge is -2.61. The van der Waals surface area contributed by atoms with E-state index >= 15 is 0 Å². The molecule has 0 amide bonds. The zero-order chi connectivity index (χ0) is 14.5. The largest absolute Gasteiger partial charge is 0.393 e. The van der Waals surface area contributed by atoms with Gasteiger partial charge in [-0.2, -0.15) is 0 Å². The Morgan fingerprint density at radius 3 is 2.47 bits per heavy atom. The van der Waals surface area contributed by atoms with Gasteiger partial charge in [0.25, 0.3) is 0 Å². The van der Waals surface area contributed by atoms with Crippen molar-refractivity contribution in [3.05, 3.63) is 11.6 Å². The van der Waals surface area contributed by atoms with Crippen LogP contribution in [0.5, 0.6) is 0 Å². The number of hydrogen-bond donors (Lipinski definition) is 2. The molecule has 0 aliphatic heterocycles. The Bertz CT molecular complexity index is 387. The number of aliphatic hydroxyl groups excluding tert-OH is 1. The van der Waals surface area contributed by atoms with Crippen LogP contribution in [0.25, 0.3) is 0 Å². The smallest absolute Gasteiger partial charge is 0.114 e. The summed E-state index contributed by atoms with van der Waals surface area (Å²) in [6.45, 7) is 8.33. The first-order valence-electron chi connectivity index (χ1n) is 7.28. The van der Waals surface area contributed by atoms with Gasteiger partial charge in [-0.05, 0) is 30.8 Å². The van der Waals surface area contributed by atoms with Gasteiger partial charge in [-0.1, -0.05) is 33.3 Å². The molecule has 2 aliphatic carbocycles. The molecular formula is C16H28O3. The summed E-state index contributed by atoms with van der Waals surface area (Å²) in [7, 11) is 1.74. The van der Waals surface area contributed by atoms with Crippen molar-refractivity contribution in [2.75, 3.05) is 13.7 Å². The first-order valence-corrected chi connectivity index (χ1v) is 7.28. The maximum absolute atomic E-state index is 11.1. The normalized spacial score (nSPS) is 45.5. The van der Waals surface area contributed by atoms with Crippen LogP contribution >= 0.6 is 0 Å². The lowest BCUT2D eigenvalue weighted by Crippen LogP contribution is -2.64. The summed E-state index contributed by atoms with van der Waals surface area (Å²) in [6, 6.07) is 0. The van der Waals surface area contributed by atoms with Gasteiger partial charge < -0.3 is 14.9 Å². The zero-order valence-electron chi connectivity index (χ0n) is 12.9. The molecule has 4 unspecified atom stereocenters. The van der Waals surface area contributed by atoms with Crippen LogP contribution < -0.4 is 0 Å². The Kier molecular flexibility index (Phi) is 3.62. The molecule has 0 aromatic heterocycles. The van der Waals surface area contributed by atoms with Gasteiger partial charge in [0.2, 0.25) is 0 Å². The molecule has 4 atom stereocenters. The fourth-order valence-corrected chi connectivity index (χ4v) is 4.80. The second-order valence-electron chi connectivity index (χ2n) is 7.31. The summed E-state index contributed by atoms with van der Waals surface area (Å²) in [5.41, 5.74) is -0.500. The minimum atomic E-state index is -1.12. The Hall–Kier alpha value is -0.380. The lowest BCUT2D eigenvalue weighted by molar-refractivity contribution is -0.190. The number of ether oxygens (including phenoxy) is 1. The maximum atomic E-state index is 11.1. The molecule has 0 bridgehead atoms. The Balaban J connectivity index is 2.60. The van der Waals surface area contributed by atoms with Crippen molar-refractivity contribution < 1.29 is 14.9 Å². The van der Waals surface area contributed by atoms with E-state index in [1.165, 1.54) is 0 Å². The number of fused-ring (bicyclic) bond motifs is 1. The summed E-state index contributed by atoms with van der Waals surface area (Å²) < 4.78 is 5.70. The molecule has 1 saturated carbocycles. The third kappa shape index (κ3) is 1.90. The van der Waals surface area contributed by atoms with E-state index in [1.807, 2.05) is 13.0 Å². The molecule has 19 heavy (non-hydrogen) atoms. The summed E-state index contributed by atoms with van der Waals surface area (Å²) in [5, 5.41) is 20.9. The van der Waals surface area contributed by atoms with Crippen molar-refractivity contribution in [2.24, 2.45) is 16.7 Å². The van der Waals surface area contributed by atoms with Crippen molar-refractivity contribution in [1.82, 2.24) is 0 Å². The highest BCUT2D eigenvalue weighted by atomic mass is 16.5. The third-order valence-electron chi connectivity index (χ3n) is 5.89. The van der Waals surface area contributed by atoms with Crippen LogP contribution in [0.15, 0.2) is 11.6 Å². The predicted octanol–water partition coefficient (Wildman–Crippen LogP) is 2.52. The highest BCUT2D eigenvalue weighted by Gasteiger charge is 2.62. The topological polar surface area (TPSA) is 49.7 Å². The van der Waals surface area contributed by atoms with E-state index in [4.69, 9.17) is 4.74 Å². The van der Waals surface area contributed by atoms with Crippen LogP contribution in [-0.2, 0) is 4.74 Å². The van der Waals surface area contributed by atoms with Crippen molar-refractivity contribution >= 4 is 0 Å². The van der Waals surface area contributed by atoms with Crippen molar-refractivity contribution in [3.63, 3.8) is 0 Å². The minimum absolute atomic E-state index is 0.0205. The number of hydrogen-bond acceptors (Lipinski definition) is 3. The van der Waals surface area contributed by atoms with E-state index in [-0.39, 0.29) is 29.5 Å². The van der Waals surface area contributed by atoms with E-state index in [0.29, 0.717) is 0 Å². The van der Waals surface area contributed by atoms with Crippen molar-refractivity contribution in [1.29, 1.82) is 0 Å². The van der Waals surface area contributed by atoms with E-state index in [0.717, 1.165) is 24.8 Å². The maximum Gasteiger partial charge on any atom is 0.114 e. The van der Waals surface area contributed by atoms with E-state index in [9.17, 15) is 10.2 Å². The van der Waals surface area contributed by atoms with E-state index in [2.05, 4.69) is 20.8 Å². The van der Waals surface area contributed by atoms with Crippen LogP contribution in [0.2, 0.25) is 0 Å². The fourth-order valence-electron chi connectivity index (χ4n) is 4.80. The molecule has 0 heterocycles. The Labute approximate surface area is 116 Å². The van der Waals surface area contributed by atoms with Crippen LogP contribution in [0.1, 0.15) is 47.0 Å². The third-order valence-corrected chi connectivity index (χ3v) is 5.89. The molecular weight excluding hydrogens is 240 g/mol. The zero-order valence-corrected chi connectivity index (χ0v) is 12.9. The van der Waals surface area contributed by atoms with Gasteiger partial charge in [0.15, 0.2) is 0 Å². The fraction of sp³-hybridized carbons (Fsp3) is 0.875. The molecule has 0 spiro atoms. The minimum Gasteiger partial charge on any atom is -0.393 e. The molecule has 0 radical (unpaired) electrons. The monoisotopic (exact) mass is 268 g/mol. The van der Waals surface area contributed by atoms with Crippen LogP contribution in [0, 0.1) is 16.7 Å². The van der Waals surface area contributed by atoms with Crippen LogP contribution in [-0.4, -0.2) is 35.6 Å².